The van der Waals surface area contributed by atoms with Gasteiger partial charge in [0.15, 0.2) is 0 Å². The minimum absolute atomic E-state index is 0. The van der Waals surface area contributed by atoms with Gasteiger partial charge in [0.05, 0.1) is 23.1 Å². The zero-order valence-electron chi connectivity index (χ0n) is 12.9. The van der Waals surface area contributed by atoms with E-state index in [-0.39, 0.29) is 30.2 Å². The van der Waals surface area contributed by atoms with E-state index in [0.29, 0.717) is 5.56 Å². The van der Waals surface area contributed by atoms with Crippen LogP contribution >= 0.6 is 12.4 Å². The zero-order valence-corrected chi connectivity index (χ0v) is 13.7. The minimum atomic E-state index is -0.294. The second-order valence-corrected chi connectivity index (χ2v) is 5.53. The third kappa shape index (κ3) is 3.89. The van der Waals surface area contributed by atoms with Gasteiger partial charge in [-0.05, 0) is 57.1 Å². The fourth-order valence-corrected chi connectivity index (χ4v) is 2.70. The lowest BCUT2D eigenvalue weighted by Gasteiger charge is -2.23. The van der Waals surface area contributed by atoms with E-state index in [9.17, 15) is 9.18 Å². The highest BCUT2D eigenvalue weighted by atomic mass is 35.5. The summed E-state index contributed by atoms with van der Waals surface area (Å²) in [5.74, 6) is -0.393. The number of nitrogens with zero attached hydrogens (tertiary/aromatic N) is 2. The van der Waals surface area contributed by atoms with Gasteiger partial charge in [0.25, 0.3) is 5.91 Å². The van der Waals surface area contributed by atoms with Gasteiger partial charge in [-0.2, -0.15) is 5.10 Å². The highest BCUT2D eigenvalue weighted by Gasteiger charge is 2.20. The third-order valence-electron chi connectivity index (χ3n) is 4.00. The van der Waals surface area contributed by atoms with Gasteiger partial charge >= 0.3 is 0 Å². The van der Waals surface area contributed by atoms with E-state index in [1.54, 1.807) is 23.0 Å². The van der Waals surface area contributed by atoms with Gasteiger partial charge in [-0.25, -0.2) is 9.07 Å². The van der Waals surface area contributed by atoms with E-state index < -0.39 is 0 Å². The summed E-state index contributed by atoms with van der Waals surface area (Å²) in [5.41, 5.74) is 2.04. The Morgan fingerprint density at radius 1 is 1.30 bits per heavy atom. The predicted molar refractivity (Wildman–Crippen MR) is 88.9 cm³/mol. The van der Waals surface area contributed by atoms with Crippen molar-refractivity contribution in [2.24, 2.45) is 0 Å². The normalized spacial score (nSPS) is 15.0. The van der Waals surface area contributed by atoms with Crippen LogP contribution in [0.1, 0.15) is 28.9 Å². The van der Waals surface area contributed by atoms with Gasteiger partial charge in [-0.1, -0.05) is 0 Å². The number of aromatic nitrogens is 2. The molecular formula is C16H20ClFN4O. The van der Waals surface area contributed by atoms with Crippen LogP contribution in [0.4, 0.5) is 4.39 Å². The van der Waals surface area contributed by atoms with Crippen molar-refractivity contribution in [3.8, 4) is 5.69 Å². The van der Waals surface area contributed by atoms with E-state index in [2.05, 4.69) is 15.7 Å². The Balaban J connectivity index is 0.00000192. The largest absolute Gasteiger partial charge is 0.349 e. The van der Waals surface area contributed by atoms with Crippen molar-refractivity contribution in [2.75, 3.05) is 13.1 Å². The summed E-state index contributed by atoms with van der Waals surface area (Å²) in [6, 6.07) is 6.26. The Kier molecular flexibility index (Phi) is 5.74. The quantitative estimate of drug-likeness (QED) is 0.902. The average Bonchev–Trinajstić information content (AvgIpc) is 2.91. The SMILES string of the molecule is Cc1c(C(=O)NC2CCNCC2)cnn1-c1ccc(F)cc1.Cl. The lowest BCUT2D eigenvalue weighted by molar-refractivity contribution is 0.0929. The van der Waals surface area contributed by atoms with Crippen molar-refractivity contribution >= 4 is 18.3 Å². The zero-order chi connectivity index (χ0) is 15.5. The molecular weight excluding hydrogens is 319 g/mol. The molecule has 2 N–H and O–H groups in total. The summed E-state index contributed by atoms with van der Waals surface area (Å²) >= 11 is 0. The van der Waals surface area contributed by atoms with E-state index >= 15 is 0 Å². The smallest absolute Gasteiger partial charge is 0.254 e. The summed E-state index contributed by atoms with van der Waals surface area (Å²) in [7, 11) is 0. The number of benzene rings is 1. The maximum Gasteiger partial charge on any atom is 0.254 e. The van der Waals surface area contributed by atoms with Crippen LogP contribution in [0.25, 0.3) is 5.69 Å². The molecule has 0 spiro atoms. The summed E-state index contributed by atoms with van der Waals surface area (Å²) in [4.78, 5) is 12.4. The van der Waals surface area contributed by atoms with Gasteiger partial charge in [-0.15, -0.1) is 12.4 Å². The number of carbonyl (C=O) groups excluding carboxylic acids is 1. The molecule has 1 aliphatic heterocycles. The summed E-state index contributed by atoms with van der Waals surface area (Å²) in [6.07, 6.45) is 3.45. The molecule has 1 fully saturated rings. The fraction of sp³-hybridized carbons (Fsp3) is 0.375. The molecule has 0 bridgehead atoms. The van der Waals surface area contributed by atoms with Gasteiger partial charge in [-0.3, -0.25) is 4.79 Å². The lowest BCUT2D eigenvalue weighted by Crippen LogP contribution is -2.42. The highest BCUT2D eigenvalue weighted by Crippen LogP contribution is 2.15. The molecule has 23 heavy (non-hydrogen) atoms. The first-order valence-electron chi connectivity index (χ1n) is 7.47. The molecule has 1 aliphatic rings. The number of amides is 1. The topological polar surface area (TPSA) is 59.0 Å². The monoisotopic (exact) mass is 338 g/mol. The number of halogens is 2. The van der Waals surface area contributed by atoms with Crippen LogP contribution in [0.2, 0.25) is 0 Å². The van der Waals surface area contributed by atoms with Crippen molar-refractivity contribution < 1.29 is 9.18 Å². The summed E-state index contributed by atoms with van der Waals surface area (Å²) < 4.78 is 14.6. The van der Waals surface area contributed by atoms with Crippen LogP contribution in [-0.4, -0.2) is 34.8 Å². The van der Waals surface area contributed by atoms with Gasteiger partial charge < -0.3 is 10.6 Å². The van der Waals surface area contributed by atoms with Crippen molar-refractivity contribution in [1.82, 2.24) is 20.4 Å². The maximum absolute atomic E-state index is 13.0. The van der Waals surface area contributed by atoms with Gasteiger partial charge in [0.2, 0.25) is 0 Å². The van der Waals surface area contributed by atoms with Gasteiger partial charge in [0.1, 0.15) is 5.82 Å². The van der Waals surface area contributed by atoms with Gasteiger partial charge in [0, 0.05) is 6.04 Å². The first-order chi connectivity index (χ1) is 10.6. The second kappa shape index (κ2) is 7.57. The molecule has 0 unspecified atom stereocenters. The molecule has 7 heteroatoms. The van der Waals surface area contributed by atoms with Crippen molar-refractivity contribution in [1.29, 1.82) is 0 Å². The molecule has 1 aromatic heterocycles. The number of hydrogen-bond donors (Lipinski definition) is 2. The van der Waals surface area contributed by atoms with Crippen LogP contribution in [0.5, 0.6) is 0 Å². The van der Waals surface area contributed by atoms with Crippen molar-refractivity contribution in [2.45, 2.75) is 25.8 Å². The van der Waals surface area contributed by atoms with E-state index in [1.165, 1.54) is 12.1 Å². The number of piperidine rings is 1. The molecule has 124 valence electrons. The van der Waals surface area contributed by atoms with Crippen molar-refractivity contribution in [3.63, 3.8) is 0 Å². The summed E-state index contributed by atoms with van der Waals surface area (Å²) in [6.45, 7) is 3.70. The predicted octanol–water partition coefficient (Wildman–Crippen LogP) is 2.22. The van der Waals surface area contributed by atoms with E-state index in [1.807, 2.05) is 6.92 Å². The molecule has 1 saturated heterocycles. The highest BCUT2D eigenvalue weighted by molar-refractivity contribution is 5.95. The Morgan fingerprint density at radius 3 is 2.61 bits per heavy atom. The average molecular weight is 339 g/mol. The molecule has 3 rings (SSSR count). The Bertz CT molecular complexity index is 665. The number of nitrogens with one attached hydrogen (secondary N) is 2. The van der Waals surface area contributed by atoms with E-state index in [0.717, 1.165) is 37.3 Å². The molecule has 0 atom stereocenters. The van der Waals surface area contributed by atoms with Crippen LogP contribution in [-0.2, 0) is 0 Å². The molecule has 2 aromatic rings. The Morgan fingerprint density at radius 2 is 1.96 bits per heavy atom. The van der Waals surface area contributed by atoms with Crippen LogP contribution in [0.3, 0.4) is 0 Å². The van der Waals surface area contributed by atoms with Crippen LogP contribution < -0.4 is 10.6 Å². The molecule has 1 aromatic carbocycles. The molecule has 5 nitrogen and oxygen atoms in total. The minimum Gasteiger partial charge on any atom is -0.349 e. The lowest BCUT2D eigenvalue weighted by atomic mass is 10.1. The van der Waals surface area contributed by atoms with Crippen LogP contribution in [0, 0.1) is 12.7 Å². The number of rotatable bonds is 3. The molecule has 0 aliphatic carbocycles. The number of hydrogen-bond acceptors (Lipinski definition) is 3. The van der Waals surface area contributed by atoms with Crippen LogP contribution in [0.15, 0.2) is 30.5 Å². The molecule has 0 saturated carbocycles. The first-order valence-corrected chi connectivity index (χ1v) is 7.47. The number of carbonyl (C=O) groups is 1. The Labute approximate surface area is 140 Å². The van der Waals surface area contributed by atoms with E-state index in [4.69, 9.17) is 0 Å². The Hall–Kier alpha value is -1.92. The molecule has 1 amide bonds. The third-order valence-corrected chi connectivity index (χ3v) is 4.00. The standard InChI is InChI=1S/C16H19FN4O.ClH/c1-11-15(16(22)20-13-6-8-18-9-7-13)10-19-21(11)14-4-2-12(17)3-5-14;/h2-5,10,13,18H,6-9H2,1H3,(H,20,22);1H. The molecule has 0 radical (unpaired) electrons. The first kappa shape index (κ1) is 17.4. The summed E-state index contributed by atoms with van der Waals surface area (Å²) in [5, 5.41) is 10.6. The maximum atomic E-state index is 13.0. The second-order valence-electron chi connectivity index (χ2n) is 5.53. The van der Waals surface area contributed by atoms with Crippen molar-refractivity contribution in [3.05, 3.63) is 47.5 Å². The fourth-order valence-electron chi connectivity index (χ4n) is 2.70. The molecule has 2 heterocycles.